The lowest BCUT2D eigenvalue weighted by Crippen LogP contribution is -2.28. The number of anilines is 2. The standard InChI is InChI=1S/C31H32F2N6O4/c1-31(2,21-13-22(32)15-23(33)14-21)39-18-27(37-38-39)20-6-5-7-24(12-20)36-30-25-16-28(42-10-8-40-3)29(43-11-9-41-4)17-26(25)34-19-35-30/h5-7,12-19H,8-11H2,1-4H3,(H,34,35,36). The molecule has 0 fully saturated rings. The normalized spacial score (nSPS) is 11.6. The average molecular weight is 591 g/mol. The summed E-state index contributed by atoms with van der Waals surface area (Å²) in [6, 6.07) is 14.7. The molecule has 10 nitrogen and oxygen atoms in total. The first-order valence-electron chi connectivity index (χ1n) is 13.6. The molecule has 0 aliphatic carbocycles. The highest BCUT2D eigenvalue weighted by Gasteiger charge is 2.26. The van der Waals surface area contributed by atoms with Crippen molar-refractivity contribution in [2.75, 3.05) is 46.0 Å². The number of rotatable bonds is 13. The highest BCUT2D eigenvalue weighted by atomic mass is 19.1. The van der Waals surface area contributed by atoms with E-state index in [1.807, 2.05) is 44.2 Å². The summed E-state index contributed by atoms with van der Waals surface area (Å²) >= 11 is 0. The first-order chi connectivity index (χ1) is 20.8. The summed E-state index contributed by atoms with van der Waals surface area (Å²) in [6.45, 7) is 5.18. The van der Waals surface area contributed by atoms with Crippen LogP contribution in [0.5, 0.6) is 11.5 Å². The maximum atomic E-state index is 13.9. The number of hydrogen-bond acceptors (Lipinski definition) is 9. The molecular weight excluding hydrogens is 558 g/mol. The smallest absolute Gasteiger partial charge is 0.163 e. The van der Waals surface area contributed by atoms with Crippen LogP contribution in [0.2, 0.25) is 0 Å². The van der Waals surface area contributed by atoms with Gasteiger partial charge in [0.15, 0.2) is 11.5 Å². The van der Waals surface area contributed by atoms with Crippen LogP contribution in [0, 0.1) is 11.6 Å². The van der Waals surface area contributed by atoms with Gasteiger partial charge in [0.25, 0.3) is 0 Å². The predicted octanol–water partition coefficient (Wildman–Crippen LogP) is 5.74. The number of methoxy groups -OCH3 is 2. The molecule has 1 N–H and O–H groups in total. The third-order valence-corrected chi connectivity index (χ3v) is 6.85. The third kappa shape index (κ3) is 6.87. The van der Waals surface area contributed by atoms with Crippen LogP contribution in [-0.4, -0.2) is 65.6 Å². The van der Waals surface area contributed by atoms with Crippen molar-refractivity contribution in [1.29, 1.82) is 0 Å². The zero-order chi connectivity index (χ0) is 30.4. The molecule has 0 aliphatic heterocycles. The van der Waals surface area contributed by atoms with E-state index in [4.69, 9.17) is 18.9 Å². The van der Waals surface area contributed by atoms with Crippen molar-refractivity contribution in [1.82, 2.24) is 25.0 Å². The van der Waals surface area contributed by atoms with Gasteiger partial charge in [-0.3, -0.25) is 0 Å². The molecule has 0 bridgehead atoms. The van der Waals surface area contributed by atoms with Gasteiger partial charge >= 0.3 is 0 Å². The van der Waals surface area contributed by atoms with E-state index in [9.17, 15) is 8.78 Å². The molecule has 0 aliphatic rings. The fourth-order valence-corrected chi connectivity index (χ4v) is 4.46. The van der Waals surface area contributed by atoms with Gasteiger partial charge in [-0.05, 0) is 49.7 Å². The maximum absolute atomic E-state index is 13.9. The summed E-state index contributed by atoms with van der Waals surface area (Å²) in [5, 5.41) is 12.7. The zero-order valence-corrected chi connectivity index (χ0v) is 24.3. The van der Waals surface area contributed by atoms with Gasteiger partial charge in [0, 0.05) is 43.0 Å². The minimum absolute atomic E-state index is 0.340. The molecule has 0 saturated carbocycles. The summed E-state index contributed by atoms with van der Waals surface area (Å²) in [4.78, 5) is 8.90. The lowest BCUT2D eigenvalue weighted by atomic mass is 9.94. The molecule has 0 atom stereocenters. The van der Waals surface area contributed by atoms with Crippen LogP contribution in [0.25, 0.3) is 22.2 Å². The van der Waals surface area contributed by atoms with Crippen LogP contribution in [0.1, 0.15) is 19.4 Å². The number of hydrogen-bond donors (Lipinski definition) is 1. The molecule has 224 valence electrons. The van der Waals surface area contributed by atoms with Crippen LogP contribution >= 0.6 is 0 Å². The Morgan fingerprint density at radius 2 is 1.53 bits per heavy atom. The zero-order valence-electron chi connectivity index (χ0n) is 24.3. The Morgan fingerprint density at radius 1 is 0.837 bits per heavy atom. The minimum atomic E-state index is -0.848. The van der Waals surface area contributed by atoms with Gasteiger partial charge in [-0.2, -0.15) is 0 Å². The number of benzene rings is 3. The monoisotopic (exact) mass is 590 g/mol. The van der Waals surface area contributed by atoms with Crippen LogP contribution < -0.4 is 14.8 Å². The molecule has 3 aromatic carbocycles. The van der Waals surface area contributed by atoms with E-state index in [0.717, 1.165) is 22.7 Å². The van der Waals surface area contributed by atoms with Gasteiger partial charge in [0.05, 0.1) is 30.5 Å². The Bertz CT molecular complexity index is 1690. The maximum Gasteiger partial charge on any atom is 0.163 e. The molecule has 2 aromatic heterocycles. The summed E-state index contributed by atoms with van der Waals surface area (Å²) < 4.78 is 51.5. The summed E-state index contributed by atoms with van der Waals surface area (Å²) in [5.41, 5.74) is 2.38. The van der Waals surface area contributed by atoms with Gasteiger partial charge in [0.2, 0.25) is 0 Å². The molecule has 0 saturated heterocycles. The molecule has 43 heavy (non-hydrogen) atoms. The molecule has 5 rings (SSSR count). The van der Waals surface area contributed by atoms with Crippen molar-refractivity contribution in [3.8, 4) is 22.8 Å². The Balaban J connectivity index is 1.42. The van der Waals surface area contributed by atoms with Crippen molar-refractivity contribution < 1.29 is 27.7 Å². The second-order valence-corrected chi connectivity index (χ2v) is 10.2. The Hall–Kier alpha value is -4.68. The van der Waals surface area contributed by atoms with Gasteiger partial charge in [-0.15, -0.1) is 5.10 Å². The van der Waals surface area contributed by atoms with Gasteiger partial charge < -0.3 is 24.3 Å². The van der Waals surface area contributed by atoms with Crippen molar-refractivity contribution in [3.63, 3.8) is 0 Å². The number of fused-ring (bicyclic) bond motifs is 1. The van der Waals surface area contributed by atoms with Crippen molar-refractivity contribution in [3.05, 3.63) is 84.3 Å². The SMILES string of the molecule is COCCOc1cc2ncnc(Nc3cccc(-c4cn(C(C)(C)c5cc(F)cc(F)c5)nn4)c3)c2cc1OCCOC. The lowest BCUT2D eigenvalue weighted by Gasteiger charge is -2.25. The van der Waals surface area contributed by atoms with Crippen molar-refractivity contribution in [2.45, 2.75) is 19.4 Å². The molecule has 5 aromatic rings. The van der Waals surface area contributed by atoms with E-state index in [-0.39, 0.29) is 0 Å². The topological polar surface area (TPSA) is 105 Å². The van der Waals surface area contributed by atoms with Crippen LogP contribution in [0.3, 0.4) is 0 Å². The van der Waals surface area contributed by atoms with E-state index in [1.54, 1.807) is 31.2 Å². The predicted molar refractivity (Wildman–Crippen MR) is 158 cm³/mol. The number of aromatic nitrogens is 5. The molecule has 0 radical (unpaired) electrons. The number of nitrogens with zero attached hydrogens (tertiary/aromatic N) is 5. The van der Waals surface area contributed by atoms with E-state index < -0.39 is 17.2 Å². The first-order valence-corrected chi connectivity index (χ1v) is 13.6. The molecule has 0 unspecified atom stereocenters. The average Bonchev–Trinajstić information content (AvgIpc) is 3.49. The minimum Gasteiger partial charge on any atom is -0.487 e. The van der Waals surface area contributed by atoms with Crippen LogP contribution in [0.15, 0.2) is 67.1 Å². The number of halogens is 2. The highest BCUT2D eigenvalue weighted by molar-refractivity contribution is 5.93. The molecule has 12 heteroatoms. The molecule has 2 heterocycles. The Kier molecular flexibility index (Phi) is 9.07. The second kappa shape index (κ2) is 13.1. The summed E-state index contributed by atoms with van der Waals surface area (Å²) in [7, 11) is 3.22. The molecule has 0 amide bonds. The van der Waals surface area contributed by atoms with Crippen molar-refractivity contribution in [2.24, 2.45) is 0 Å². The summed E-state index contributed by atoms with van der Waals surface area (Å²) in [6.07, 6.45) is 3.22. The Morgan fingerprint density at radius 3 is 2.23 bits per heavy atom. The van der Waals surface area contributed by atoms with E-state index >= 15 is 0 Å². The largest absolute Gasteiger partial charge is 0.487 e. The fraction of sp³-hybridized carbons (Fsp3) is 0.290. The Labute approximate surface area is 247 Å². The van der Waals surface area contributed by atoms with E-state index in [2.05, 4.69) is 25.6 Å². The fourth-order valence-electron chi connectivity index (χ4n) is 4.46. The van der Waals surface area contributed by atoms with Gasteiger partial charge in [0.1, 0.15) is 42.7 Å². The lowest BCUT2D eigenvalue weighted by molar-refractivity contribution is 0.132. The van der Waals surface area contributed by atoms with Crippen LogP contribution in [0.4, 0.5) is 20.3 Å². The quantitative estimate of drug-likeness (QED) is 0.172. The number of nitrogens with one attached hydrogen (secondary N) is 1. The highest BCUT2D eigenvalue weighted by Crippen LogP contribution is 2.35. The van der Waals surface area contributed by atoms with Gasteiger partial charge in [-0.25, -0.2) is 23.4 Å². The van der Waals surface area contributed by atoms with Gasteiger partial charge in [-0.1, -0.05) is 17.3 Å². The van der Waals surface area contributed by atoms with Crippen molar-refractivity contribution >= 4 is 22.4 Å². The second-order valence-electron chi connectivity index (χ2n) is 10.2. The number of ether oxygens (including phenoxy) is 4. The molecule has 0 spiro atoms. The van der Waals surface area contributed by atoms with Crippen LogP contribution in [-0.2, 0) is 15.0 Å². The van der Waals surface area contributed by atoms with E-state index in [0.29, 0.717) is 60.5 Å². The summed E-state index contributed by atoms with van der Waals surface area (Å²) in [5.74, 6) is 0.343. The first kappa shape index (κ1) is 29.8. The third-order valence-electron chi connectivity index (χ3n) is 6.85. The molecular formula is C31H32F2N6O4. The van der Waals surface area contributed by atoms with E-state index in [1.165, 1.54) is 18.5 Å².